The van der Waals surface area contributed by atoms with E-state index < -0.39 is 0 Å². The molecule has 1 aliphatic rings. The summed E-state index contributed by atoms with van der Waals surface area (Å²) in [6.07, 6.45) is 1.63. The fourth-order valence-corrected chi connectivity index (χ4v) is 1.99. The van der Waals surface area contributed by atoms with E-state index in [1.807, 2.05) is 12.1 Å². The first-order chi connectivity index (χ1) is 8.35. The first-order valence-corrected chi connectivity index (χ1v) is 5.54. The number of nitrogens with zero attached hydrogens (tertiary/aromatic N) is 5. The van der Waals surface area contributed by atoms with E-state index in [4.69, 9.17) is 10.5 Å². The monoisotopic (exact) mass is 227 g/mol. The third-order valence-corrected chi connectivity index (χ3v) is 2.90. The third kappa shape index (κ3) is 2.52. The molecule has 5 heteroatoms. The highest BCUT2D eigenvalue weighted by molar-refractivity contribution is 5.55. The molecule has 86 valence electrons. The van der Waals surface area contributed by atoms with Crippen molar-refractivity contribution in [1.82, 2.24) is 9.88 Å². The smallest absolute Gasteiger partial charge is 0.163 e. The second-order valence-electron chi connectivity index (χ2n) is 3.90. The number of hydrogen-bond donors (Lipinski definition) is 0. The Bertz CT molecular complexity index is 463. The third-order valence-electron chi connectivity index (χ3n) is 2.90. The molecule has 1 saturated heterocycles. The maximum atomic E-state index is 8.99. The van der Waals surface area contributed by atoms with Crippen LogP contribution in [0.3, 0.4) is 0 Å². The van der Waals surface area contributed by atoms with Crippen molar-refractivity contribution in [2.45, 2.75) is 0 Å². The summed E-state index contributed by atoms with van der Waals surface area (Å²) in [4.78, 5) is 8.32. The van der Waals surface area contributed by atoms with Crippen molar-refractivity contribution in [3.63, 3.8) is 0 Å². The molecule has 5 nitrogen and oxygen atoms in total. The molecular weight excluding hydrogens is 214 g/mol. The van der Waals surface area contributed by atoms with Crippen molar-refractivity contribution in [3.8, 4) is 12.1 Å². The Morgan fingerprint density at radius 1 is 1.24 bits per heavy atom. The molecule has 0 radical (unpaired) electrons. The lowest BCUT2D eigenvalue weighted by Crippen LogP contribution is -2.46. The van der Waals surface area contributed by atoms with Crippen molar-refractivity contribution < 1.29 is 0 Å². The van der Waals surface area contributed by atoms with E-state index in [1.54, 1.807) is 6.20 Å². The van der Waals surface area contributed by atoms with Crippen molar-refractivity contribution >= 4 is 5.69 Å². The zero-order valence-corrected chi connectivity index (χ0v) is 9.50. The van der Waals surface area contributed by atoms with Gasteiger partial charge in [-0.05, 0) is 12.1 Å². The first-order valence-electron chi connectivity index (χ1n) is 5.54. The highest BCUT2D eigenvalue weighted by Crippen LogP contribution is 2.18. The SMILES string of the molecule is N#CCN1CCN(c2cccnc2C#N)CC1. The van der Waals surface area contributed by atoms with Gasteiger partial charge < -0.3 is 4.90 Å². The van der Waals surface area contributed by atoms with Gasteiger partial charge in [0, 0.05) is 32.4 Å². The highest BCUT2D eigenvalue weighted by Gasteiger charge is 2.18. The molecule has 0 amide bonds. The van der Waals surface area contributed by atoms with Crippen LogP contribution in [0.5, 0.6) is 0 Å². The quantitative estimate of drug-likeness (QED) is 0.692. The minimum Gasteiger partial charge on any atom is -0.367 e. The highest BCUT2D eigenvalue weighted by atomic mass is 15.3. The molecule has 2 rings (SSSR count). The molecule has 1 aromatic heterocycles. The van der Waals surface area contributed by atoms with Crippen LogP contribution in [-0.2, 0) is 0 Å². The molecule has 2 heterocycles. The summed E-state index contributed by atoms with van der Waals surface area (Å²) in [7, 11) is 0. The van der Waals surface area contributed by atoms with Gasteiger partial charge in [0.15, 0.2) is 5.69 Å². The summed E-state index contributed by atoms with van der Waals surface area (Å²) in [6.45, 7) is 3.86. The molecule has 1 aliphatic heterocycles. The Kier molecular flexibility index (Phi) is 3.54. The summed E-state index contributed by atoms with van der Waals surface area (Å²) in [5.41, 5.74) is 1.37. The van der Waals surface area contributed by atoms with Crippen LogP contribution in [-0.4, -0.2) is 42.6 Å². The maximum Gasteiger partial charge on any atom is 0.163 e. The summed E-state index contributed by atoms with van der Waals surface area (Å²) >= 11 is 0. The average Bonchev–Trinajstić information content (AvgIpc) is 2.40. The van der Waals surface area contributed by atoms with E-state index in [1.165, 1.54) is 0 Å². The number of nitriles is 2. The Balaban J connectivity index is 2.06. The lowest BCUT2D eigenvalue weighted by Gasteiger charge is -2.34. The van der Waals surface area contributed by atoms with Crippen molar-refractivity contribution in [2.24, 2.45) is 0 Å². The van der Waals surface area contributed by atoms with E-state index in [0.29, 0.717) is 12.2 Å². The standard InChI is InChI=1S/C12H13N5/c13-3-5-16-6-8-17(9-7-16)12-2-1-4-15-11(12)10-14/h1-2,4H,5-9H2. The van der Waals surface area contributed by atoms with E-state index in [0.717, 1.165) is 31.9 Å². The predicted molar refractivity (Wildman–Crippen MR) is 63.2 cm³/mol. The van der Waals surface area contributed by atoms with Crippen LogP contribution in [0.2, 0.25) is 0 Å². The molecule has 0 atom stereocenters. The van der Waals surface area contributed by atoms with E-state index in [-0.39, 0.29) is 0 Å². The molecule has 1 aromatic rings. The van der Waals surface area contributed by atoms with Crippen LogP contribution < -0.4 is 4.90 Å². The summed E-state index contributed by atoms with van der Waals surface area (Å²) in [5.74, 6) is 0. The Labute approximate surface area is 101 Å². The van der Waals surface area contributed by atoms with Crippen LogP contribution in [0.1, 0.15) is 5.69 Å². The van der Waals surface area contributed by atoms with Gasteiger partial charge in [-0.2, -0.15) is 10.5 Å². The van der Waals surface area contributed by atoms with Crippen LogP contribution >= 0.6 is 0 Å². The topological polar surface area (TPSA) is 67.0 Å². The largest absolute Gasteiger partial charge is 0.367 e. The summed E-state index contributed by atoms with van der Waals surface area (Å²) in [5, 5.41) is 17.6. The van der Waals surface area contributed by atoms with Crippen molar-refractivity contribution in [1.29, 1.82) is 10.5 Å². The Morgan fingerprint density at radius 3 is 2.65 bits per heavy atom. The maximum absolute atomic E-state index is 8.99. The van der Waals surface area contributed by atoms with Gasteiger partial charge in [0.2, 0.25) is 0 Å². The molecule has 0 aliphatic carbocycles. The van der Waals surface area contributed by atoms with Crippen LogP contribution in [0, 0.1) is 22.7 Å². The normalized spacial score (nSPS) is 16.2. The van der Waals surface area contributed by atoms with Gasteiger partial charge >= 0.3 is 0 Å². The number of anilines is 1. The predicted octanol–water partition coefficient (Wildman–Crippen LogP) is 0.599. The lowest BCUT2D eigenvalue weighted by atomic mass is 10.2. The Morgan fingerprint density at radius 2 is 2.00 bits per heavy atom. The van der Waals surface area contributed by atoms with Crippen molar-refractivity contribution in [3.05, 3.63) is 24.0 Å². The second-order valence-corrected chi connectivity index (χ2v) is 3.90. The number of aromatic nitrogens is 1. The molecule has 0 saturated carbocycles. The number of hydrogen-bond acceptors (Lipinski definition) is 5. The molecule has 0 aromatic carbocycles. The van der Waals surface area contributed by atoms with Gasteiger partial charge in [-0.25, -0.2) is 4.98 Å². The summed E-state index contributed by atoms with van der Waals surface area (Å²) in [6, 6.07) is 8.03. The van der Waals surface area contributed by atoms with E-state index in [9.17, 15) is 0 Å². The molecular formula is C12H13N5. The molecule has 0 bridgehead atoms. The van der Waals surface area contributed by atoms with Gasteiger partial charge in [-0.3, -0.25) is 4.90 Å². The number of rotatable bonds is 2. The van der Waals surface area contributed by atoms with Crippen LogP contribution in [0.25, 0.3) is 0 Å². The molecule has 0 spiro atoms. The van der Waals surface area contributed by atoms with Crippen LogP contribution in [0.4, 0.5) is 5.69 Å². The van der Waals surface area contributed by atoms with Crippen molar-refractivity contribution in [2.75, 3.05) is 37.6 Å². The van der Waals surface area contributed by atoms with Gasteiger partial charge in [-0.1, -0.05) is 0 Å². The van der Waals surface area contributed by atoms with Gasteiger partial charge in [0.1, 0.15) is 6.07 Å². The second kappa shape index (κ2) is 5.29. The summed E-state index contributed by atoms with van der Waals surface area (Å²) < 4.78 is 0. The molecule has 17 heavy (non-hydrogen) atoms. The van der Waals surface area contributed by atoms with E-state index >= 15 is 0 Å². The zero-order chi connectivity index (χ0) is 12.1. The minimum absolute atomic E-state index is 0.473. The first kappa shape index (κ1) is 11.4. The zero-order valence-electron chi connectivity index (χ0n) is 9.50. The Hall–Kier alpha value is -2.11. The van der Waals surface area contributed by atoms with Gasteiger partial charge in [-0.15, -0.1) is 0 Å². The molecule has 0 N–H and O–H groups in total. The van der Waals surface area contributed by atoms with E-state index in [2.05, 4.69) is 26.9 Å². The average molecular weight is 227 g/mol. The lowest BCUT2D eigenvalue weighted by molar-refractivity contribution is 0.287. The minimum atomic E-state index is 0.473. The number of pyridine rings is 1. The van der Waals surface area contributed by atoms with Crippen LogP contribution in [0.15, 0.2) is 18.3 Å². The fourth-order valence-electron chi connectivity index (χ4n) is 1.99. The molecule has 1 fully saturated rings. The fraction of sp³-hybridized carbons (Fsp3) is 0.417. The number of piperazine rings is 1. The van der Waals surface area contributed by atoms with Gasteiger partial charge in [0.05, 0.1) is 18.3 Å². The molecule has 0 unspecified atom stereocenters. The van der Waals surface area contributed by atoms with Gasteiger partial charge in [0.25, 0.3) is 0 Å².